The van der Waals surface area contributed by atoms with Crippen molar-refractivity contribution in [3.05, 3.63) is 29.3 Å². The van der Waals surface area contributed by atoms with E-state index in [4.69, 9.17) is 0 Å². The quantitative estimate of drug-likeness (QED) is 0.833. The van der Waals surface area contributed by atoms with Gasteiger partial charge in [0.25, 0.3) is 0 Å². The highest BCUT2D eigenvalue weighted by Gasteiger charge is 2.36. The molecule has 1 aromatic carbocycles. The topological polar surface area (TPSA) is 24.4 Å². The van der Waals surface area contributed by atoms with Crippen LogP contribution in [-0.4, -0.2) is 17.5 Å². The van der Waals surface area contributed by atoms with Gasteiger partial charge in [-0.1, -0.05) is 24.6 Å². The van der Waals surface area contributed by atoms with Gasteiger partial charge in [0.1, 0.15) is 11.6 Å². The fourth-order valence-electron chi connectivity index (χ4n) is 2.91. The molecule has 1 saturated carbocycles. The van der Waals surface area contributed by atoms with Crippen LogP contribution < -0.4 is 5.32 Å². The largest absolute Gasteiger partial charge is 0.333 e. The number of amidine groups is 1. The molecule has 20 heavy (non-hydrogen) atoms. The molecule has 0 radical (unpaired) electrons. The number of aliphatic imine (C=N–C) groups is 1. The summed E-state index contributed by atoms with van der Waals surface area (Å²) in [5.41, 5.74) is 0.838. The van der Waals surface area contributed by atoms with Crippen molar-refractivity contribution in [1.29, 1.82) is 0 Å². The maximum absolute atomic E-state index is 13.8. The molecule has 2 nitrogen and oxygen atoms in total. The second-order valence-corrected chi connectivity index (χ2v) is 6.79. The first-order valence-electron chi connectivity index (χ1n) is 6.98. The number of nitrogens with one attached hydrogen (secondary N) is 1. The summed E-state index contributed by atoms with van der Waals surface area (Å²) in [5, 5.41) is 3.62. The third-order valence-corrected chi connectivity index (χ3v) is 5.49. The van der Waals surface area contributed by atoms with Crippen molar-refractivity contribution in [2.24, 2.45) is 10.4 Å². The van der Waals surface area contributed by atoms with Crippen molar-refractivity contribution in [1.82, 2.24) is 0 Å². The molecule has 2 aliphatic rings. The van der Waals surface area contributed by atoms with Crippen LogP contribution in [0.5, 0.6) is 0 Å². The molecule has 0 bridgehead atoms. The first-order chi connectivity index (χ1) is 9.58. The molecule has 5 heteroatoms. The second-order valence-electron chi connectivity index (χ2n) is 5.82. The molecule has 1 aromatic rings. The van der Waals surface area contributed by atoms with Crippen molar-refractivity contribution in [3.63, 3.8) is 0 Å². The number of thioether (sulfide) groups is 1. The summed E-state index contributed by atoms with van der Waals surface area (Å²) in [7, 11) is 0. The minimum absolute atomic E-state index is 0.168. The molecule has 1 aliphatic carbocycles. The first kappa shape index (κ1) is 13.9. The molecule has 0 unspecified atom stereocenters. The Morgan fingerprint density at radius 3 is 2.60 bits per heavy atom. The van der Waals surface area contributed by atoms with E-state index in [2.05, 4.69) is 10.3 Å². The summed E-state index contributed by atoms with van der Waals surface area (Å²) < 4.78 is 27.3. The van der Waals surface area contributed by atoms with E-state index in [9.17, 15) is 8.78 Å². The maximum atomic E-state index is 13.8. The fourth-order valence-corrected chi connectivity index (χ4v) is 4.07. The van der Waals surface area contributed by atoms with Crippen LogP contribution in [0.3, 0.4) is 0 Å². The predicted molar refractivity (Wildman–Crippen MR) is 80.4 cm³/mol. The third kappa shape index (κ3) is 2.68. The fraction of sp³-hybridized carbons (Fsp3) is 0.533. The van der Waals surface area contributed by atoms with Gasteiger partial charge in [-0.2, -0.15) is 0 Å². The van der Waals surface area contributed by atoms with E-state index in [1.807, 2.05) is 0 Å². The number of benzene rings is 1. The van der Waals surface area contributed by atoms with Gasteiger partial charge in [0.2, 0.25) is 0 Å². The zero-order chi connectivity index (χ0) is 14.2. The summed E-state index contributed by atoms with van der Waals surface area (Å²) in [5.74, 6) is 0.186. The van der Waals surface area contributed by atoms with Crippen LogP contribution in [0.4, 0.5) is 14.5 Å². The zero-order valence-corrected chi connectivity index (χ0v) is 12.3. The number of hydrogen-bond acceptors (Lipinski definition) is 3. The van der Waals surface area contributed by atoms with E-state index >= 15 is 0 Å². The molecule has 0 atom stereocenters. The summed E-state index contributed by atoms with van der Waals surface area (Å²) >= 11 is 1.62. The number of hydrogen-bond donors (Lipinski definition) is 1. The lowest BCUT2D eigenvalue weighted by Gasteiger charge is -2.31. The van der Waals surface area contributed by atoms with E-state index in [0.29, 0.717) is 16.1 Å². The zero-order valence-electron chi connectivity index (χ0n) is 11.5. The number of halogens is 2. The number of nitrogens with zero attached hydrogens (tertiary/aromatic N) is 1. The van der Waals surface area contributed by atoms with Crippen LogP contribution >= 0.6 is 11.8 Å². The van der Waals surface area contributed by atoms with Crippen molar-refractivity contribution in [2.75, 3.05) is 17.6 Å². The van der Waals surface area contributed by atoms with Crippen LogP contribution in [0.15, 0.2) is 17.1 Å². The van der Waals surface area contributed by atoms with E-state index in [1.165, 1.54) is 37.8 Å². The maximum Gasteiger partial charge on any atom is 0.161 e. The van der Waals surface area contributed by atoms with Crippen molar-refractivity contribution < 1.29 is 8.78 Å². The Kier molecular flexibility index (Phi) is 3.71. The van der Waals surface area contributed by atoms with E-state index in [-0.39, 0.29) is 5.69 Å². The molecule has 1 spiro atoms. The number of rotatable bonds is 1. The molecule has 0 saturated heterocycles. The van der Waals surface area contributed by atoms with Gasteiger partial charge in [0.15, 0.2) is 5.17 Å². The van der Waals surface area contributed by atoms with Crippen molar-refractivity contribution in [3.8, 4) is 0 Å². The van der Waals surface area contributed by atoms with Gasteiger partial charge < -0.3 is 5.32 Å². The Labute approximate surface area is 122 Å². The van der Waals surface area contributed by atoms with Gasteiger partial charge >= 0.3 is 0 Å². The molecule has 1 heterocycles. The smallest absolute Gasteiger partial charge is 0.161 e. The monoisotopic (exact) mass is 296 g/mol. The molecule has 0 aromatic heterocycles. The van der Waals surface area contributed by atoms with Crippen LogP contribution in [0.25, 0.3) is 0 Å². The molecule has 1 N–H and O–H groups in total. The Balaban J connectivity index is 1.73. The summed E-state index contributed by atoms with van der Waals surface area (Å²) in [6, 6.07) is 2.41. The Bertz CT molecular complexity index is 551. The average Bonchev–Trinajstić information content (AvgIpc) is 2.87. The van der Waals surface area contributed by atoms with E-state index < -0.39 is 11.6 Å². The molecule has 108 valence electrons. The molecule has 3 rings (SSSR count). The highest BCUT2D eigenvalue weighted by Crippen LogP contribution is 2.43. The Hall–Kier alpha value is -1.10. The van der Waals surface area contributed by atoms with Gasteiger partial charge in [-0.3, -0.25) is 4.99 Å². The summed E-state index contributed by atoms with van der Waals surface area (Å²) in [6.45, 7) is 2.36. The third-order valence-electron chi connectivity index (χ3n) is 4.23. The molecular formula is C15H18F2N2S. The summed E-state index contributed by atoms with van der Waals surface area (Å²) in [4.78, 5) is 4.53. The Morgan fingerprint density at radius 1 is 1.20 bits per heavy atom. The van der Waals surface area contributed by atoms with Gasteiger partial charge in [0.05, 0.1) is 5.69 Å². The summed E-state index contributed by atoms with van der Waals surface area (Å²) in [6.07, 6.45) is 5.06. The van der Waals surface area contributed by atoms with Crippen LogP contribution in [0, 0.1) is 24.0 Å². The lowest BCUT2D eigenvalue weighted by atomic mass is 9.89. The average molecular weight is 296 g/mol. The standard InChI is InChI=1S/C15H18F2N2S/c1-10-6-12(17)13(7-11(10)16)19-14-18-8-15(9-20-14)4-2-3-5-15/h6-7H,2-5,8-9H2,1H3,(H,18,19). The lowest BCUT2D eigenvalue weighted by Crippen LogP contribution is -2.30. The Morgan fingerprint density at radius 2 is 1.95 bits per heavy atom. The molecule has 1 aliphatic heterocycles. The van der Waals surface area contributed by atoms with Crippen LogP contribution in [-0.2, 0) is 0 Å². The van der Waals surface area contributed by atoms with Crippen LogP contribution in [0.2, 0.25) is 0 Å². The first-order valence-corrected chi connectivity index (χ1v) is 7.97. The van der Waals surface area contributed by atoms with E-state index in [1.54, 1.807) is 18.7 Å². The van der Waals surface area contributed by atoms with Gasteiger partial charge in [0, 0.05) is 18.4 Å². The minimum Gasteiger partial charge on any atom is -0.333 e. The lowest BCUT2D eigenvalue weighted by molar-refractivity contribution is 0.359. The highest BCUT2D eigenvalue weighted by atomic mass is 32.2. The van der Waals surface area contributed by atoms with Gasteiger partial charge in [-0.05, 0) is 36.8 Å². The molecule has 1 fully saturated rings. The second kappa shape index (κ2) is 5.35. The minimum atomic E-state index is -0.437. The van der Waals surface area contributed by atoms with E-state index in [0.717, 1.165) is 12.3 Å². The number of anilines is 1. The predicted octanol–water partition coefficient (Wildman–Crippen LogP) is 4.35. The van der Waals surface area contributed by atoms with Gasteiger partial charge in [-0.15, -0.1) is 0 Å². The van der Waals surface area contributed by atoms with Crippen LogP contribution in [0.1, 0.15) is 31.2 Å². The van der Waals surface area contributed by atoms with Crippen molar-refractivity contribution >= 4 is 22.6 Å². The molecular weight excluding hydrogens is 278 g/mol. The SMILES string of the molecule is Cc1cc(F)c(NC2=NCC3(CCCC3)CS2)cc1F. The highest BCUT2D eigenvalue weighted by molar-refractivity contribution is 8.14. The molecule has 0 amide bonds. The normalized spacial score (nSPS) is 21.1. The van der Waals surface area contributed by atoms with Crippen molar-refractivity contribution in [2.45, 2.75) is 32.6 Å². The van der Waals surface area contributed by atoms with Gasteiger partial charge in [-0.25, -0.2) is 8.78 Å². The number of aryl methyl sites for hydroxylation is 1.